The second-order valence-electron chi connectivity index (χ2n) is 8.21. The van der Waals surface area contributed by atoms with Gasteiger partial charge in [0, 0.05) is 37.9 Å². The smallest absolute Gasteiger partial charge is 0.407 e. The molecule has 1 saturated carbocycles. The van der Waals surface area contributed by atoms with Crippen LogP contribution in [0.2, 0.25) is 0 Å². The van der Waals surface area contributed by atoms with E-state index in [1.165, 1.54) is 0 Å². The predicted octanol–water partition coefficient (Wildman–Crippen LogP) is 1.30. The lowest BCUT2D eigenvalue weighted by molar-refractivity contribution is -0.124. The van der Waals surface area contributed by atoms with Gasteiger partial charge >= 0.3 is 6.09 Å². The van der Waals surface area contributed by atoms with Gasteiger partial charge in [0.05, 0.1) is 13.2 Å². The lowest BCUT2D eigenvalue weighted by Gasteiger charge is -2.26. The quantitative estimate of drug-likeness (QED) is 0.347. The van der Waals surface area contributed by atoms with E-state index in [4.69, 9.17) is 9.47 Å². The number of amides is 3. The van der Waals surface area contributed by atoms with Crippen molar-refractivity contribution in [2.75, 3.05) is 26.3 Å². The van der Waals surface area contributed by atoms with Crippen molar-refractivity contribution in [1.29, 1.82) is 0 Å². The van der Waals surface area contributed by atoms with Gasteiger partial charge in [-0.15, -0.1) is 0 Å². The number of carbonyl (C=O) groups is 4. The zero-order chi connectivity index (χ0) is 21.7. The molecule has 1 aliphatic rings. The molecule has 0 aromatic heterocycles. The monoisotopic (exact) mass is 413 g/mol. The highest BCUT2D eigenvalue weighted by molar-refractivity contribution is 5.77. The summed E-state index contributed by atoms with van der Waals surface area (Å²) in [4.78, 5) is 45.7. The fourth-order valence-corrected chi connectivity index (χ4v) is 2.91. The molecule has 0 unspecified atom stereocenters. The normalized spacial score (nSPS) is 19.1. The van der Waals surface area contributed by atoms with Gasteiger partial charge in [0.2, 0.25) is 11.8 Å². The van der Waals surface area contributed by atoms with Crippen molar-refractivity contribution in [2.24, 2.45) is 5.92 Å². The van der Waals surface area contributed by atoms with Crippen molar-refractivity contribution in [1.82, 2.24) is 16.0 Å². The van der Waals surface area contributed by atoms with E-state index < -0.39 is 11.7 Å². The molecular weight excluding hydrogens is 378 g/mol. The molecule has 0 aliphatic heterocycles. The van der Waals surface area contributed by atoms with E-state index in [1.807, 2.05) is 0 Å². The lowest BCUT2D eigenvalue weighted by Crippen LogP contribution is -2.38. The number of carbonyl (C=O) groups excluding carboxylic acids is 4. The summed E-state index contributed by atoms with van der Waals surface area (Å²) in [7, 11) is 0. The topological polar surface area (TPSA) is 123 Å². The first-order chi connectivity index (χ1) is 13.7. The van der Waals surface area contributed by atoms with Crippen molar-refractivity contribution in [3.63, 3.8) is 0 Å². The average Bonchev–Trinajstić information content (AvgIpc) is 2.63. The Morgan fingerprint density at radius 2 is 1.62 bits per heavy atom. The molecule has 9 heteroatoms. The Kier molecular flexibility index (Phi) is 11.3. The van der Waals surface area contributed by atoms with Crippen LogP contribution >= 0.6 is 0 Å². The highest BCUT2D eigenvalue weighted by Gasteiger charge is 2.21. The van der Waals surface area contributed by atoms with E-state index in [0.717, 1.165) is 32.0 Å². The van der Waals surface area contributed by atoms with Crippen molar-refractivity contribution >= 4 is 24.2 Å². The van der Waals surface area contributed by atoms with Crippen LogP contribution in [-0.4, -0.2) is 62.1 Å². The van der Waals surface area contributed by atoms with Crippen LogP contribution < -0.4 is 16.0 Å². The van der Waals surface area contributed by atoms with Gasteiger partial charge in [0.25, 0.3) is 0 Å². The summed E-state index contributed by atoms with van der Waals surface area (Å²) in [5.41, 5.74) is -0.573. The first-order valence-electron chi connectivity index (χ1n) is 10.3. The van der Waals surface area contributed by atoms with Crippen LogP contribution in [-0.2, 0) is 23.9 Å². The first-order valence-corrected chi connectivity index (χ1v) is 10.3. The molecule has 3 N–H and O–H groups in total. The average molecular weight is 414 g/mol. The molecule has 0 aromatic carbocycles. The third-order valence-electron chi connectivity index (χ3n) is 4.39. The van der Waals surface area contributed by atoms with Gasteiger partial charge in [-0.2, -0.15) is 0 Å². The molecule has 0 spiro atoms. The summed E-state index contributed by atoms with van der Waals surface area (Å²) < 4.78 is 10.4. The van der Waals surface area contributed by atoms with Crippen LogP contribution in [0.5, 0.6) is 0 Å². The zero-order valence-corrected chi connectivity index (χ0v) is 17.8. The molecule has 0 aromatic rings. The minimum absolute atomic E-state index is 0.0585. The summed E-state index contributed by atoms with van der Waals surface area (Å²) in [5.74, 6) is -0.125. The number of nitrogens with one attached hydrogen (secondary N) is 3. The predicted molar refractivity (Wildman–Crippen MR) is 107 cm³/mol. The van der Waals surface area contributed by atoms with Crippen LogP contribution in [0.25, 0.3) is 0 Å². The molecule has 1 rings (SSSR count). The maximum atomic E-state index is 11.9. The molecule has 166 valence electrons. The number of ether oxygens (including phenoxy) is 2. The van der Waals surface area contributed by atoms with Gasteiger partial charge < -0.3 is 30.2 Å². The Morgan fingerprint density at radius 3 is 2.24 bits per heavy atom. The van der Waals surface area contributed by atoms with Crippen LogP contribution in [0.15, 0.2) is 0 Å². The number of alkyl carbamates (subject to hydrolysis) is 1. The Bertz CT molecular complexity index is 539. The summed E-state index contributed by atoms with van der Waals surface area (Å²) in [6, 6.07) is 0.146. The highest BCUT2D eigenvalue weighted by atomic mass is 16.6. The third-order valence-corrected chi connectivity index (χ3v) is 4.39. The summed E-state index contributed by atoms with van der Waals surface area (Å²) >= 11 is 0. The van der Waals surface area contributed by atoms with E-state index in [-0.39, 0.29) is 49.8 Å². The maximum Gasteiger partial charge on any atom is 0.407 e. The number of aldehydes is 1. The SMILES string of the molecule is CC(C)(C)OC(=O)NCCC(=O)NCCOCCC(=O)NC1CCC(C=O)CC1. The second kappa shape index (κ2) is 13.1. The summed E-state index contributed by atoms with van der Waals surface area (Å²) in [5, 5.41) is 8.17. The second-order valence-corrected chi connectivity index (χ2v) is 8.21. The van der Waals surface area contributed by atoms with Crippen molar-refractivity contribution in [3.05, 3.63) is 0 Å². The van der Waals surface area contributed by atoms with E-state index >= 15 is 0 Å². The van der Waals surface area contributed by atoms with Crippen molar-refractivity contribution in [2.45, 2.75) is 70.9 Å². The van der Waals surface area contributed by atoms with Gasteiger partial charge in [0.1, 0.15) is 11.9 Å². The van der Waals surface area contributed by atoms with Gasteiger partial charge in [-0.3, -0.25) is 9.59 Å². The minimum atomic E-state index is -0.573. The van der Waals surface area contributed by atoms with Crippen LogP contribution in [0.3, 0.4) is 0 Å². The lowest BCUT2D eigenvalue weighted by atomic mass is 9.87. The van der Waals surface area contributed by atoms with Crippen molar-refractivity contribution in [3.8, 4) is 0 Å². The van der Waals surface area contributed by atoms with E-state index in [9.17, 15) is 19.2 Å². The Balaban J connectivity index is 1.97. The van der Waals surface area contributed by atoms with Crippen LogP contribution in [0.4, 0.5) is 4.79 Å². The minimum Gasteiger partial charge on any atom is -0.444 e. The van der Waals surface area contributed by atoms with Gasteiger partial charge in [-0.25, -0.2) is 4.79 Å². The molecule has 0 saturated heterocycles. The molecule has 3 amide bonds. The molecule has 0 heterocycles. The number of rotatable bonds is 11. The van der Waals surface area contributed by atoms with Crippen LogP contribution in [0.1, 0.15) is 59.3 Å². The Hall–Kier alpha value is -2.16. The zero-order valence-electron chi connectivity index (χ0n) is 17.8. The summed E-state index contributed by atoms with van der Waals surface area (Å²) in [6.45, 7) is 6.42. The van der Waals surface area contributed by atoms with Gasteiger partial charge in [0.15, 0.2) is 0 Å². The largest absolute Gasteiger partial charge is 0.444 e. The third kappa shape index (κ3) is 12.8. The maximum absolute atomic E-state index is 11.9. The first kappa shape index (κ1) is 24.9. The molecule has 9 nitrogen and oxygen atoms in total. The van der Waals surface area contributed by atoms with Gasteiger partial charge in [-0.1, -0.05) is 0 Å². The van der Waals surface area contributed by atoms with E-state index in [0.29, 0.717) is 13.2 Å². The molecule has 1 fully saturated rings. The number of hydrogen-bond donors (Lipinski definition) is 3. The molecule has 29 heavy (non-hydrogen) atoms. The van der Waals surface area contributed by atoms with E-state index in [2.05, 4.69) is 16.0 Å². The molecular formula is C20H35N3O6. The highest BCUT2D eigenvalue weighted by Crippen LogP contribution is 2.22. The van der Waals surface area contributed by atoms with Crippen molar-refractivity contribution < 1.29 is 28.7 Å². The Morgan fingerprint density at radius 1 is 0.931 bits per heavy atom. The fourth-order valence-electron chi connectivity index (χ4n) is 2.91. The van der Waals surface area contributed by atoms with E-state index in [1.54, 1.807) is 20.8 Å². The standard InChI is InChI=1S/C20H35N3O6/c1-20(2,3)29-19(27)22-10-8-17(25)21-11-13-28-12-9-18(26)23-16-6-4-15(14-24)5-7-16/h14-16H,4-13H2,1-3H3,(H,21,25)(H,22,27)(H,23,26). The molecule has 0 atom stereocenters. The molecule has 0 bridgehead atoms. The molecule has 0 radical (unpaired) electrons. The molecule has 1 aliphatic carbocycles. The summed E-state index contributed by atoms with van der Waals surface area (Å²) in [6.07, 6.45) is 4.20. The fraction of sp³-hybridized carbons (Fsp3) is 0.800. The Labute approximate surface area is 172 Å². The number of hydrogen-bond acceptors (Lipinski definition) is 6. The van der Waals surface area contributed by atoms with Gasteiger partial charge in [-0.05, 0) is 46.5 Å². The van der Waals surface area contributed by atoms with Crippen LogP contribution in [0, 0.1) is 5.92 Å².